The normalized spacial score (nSPS) is 11.7. The van der Waals surface area contributed by atoms with Gasteiger partial charge in [0.25, 0.3) is 0 Å². The average Bonchev–Trinajstić information content (AvgIpc) is 2.36. The third kappa shape index (κ3) is 4.76. The highest BCUT2D eigenvalue weighted by molar-refractivity contribution is 6.29. The summed E-state index contributed by atoms with van der Waals surface area (Å²) in [5, 5.41) is 18.2. The van der Waals surface area contributed by atoms with Gasteiger partial charge in [-0.2, -0.15) is 23.7 Å². The predicted octanol–water partition coefficient (Wildman–Crippen LogP) is 3.65. The quantitative estimate of drug-likeness (QED) is 0.794. The number of nitrogens with zero attached hydrogens (tertiary/aromatic N) is 3. The summed E-state index contributed by atoms with van der Waals surface area (Å²) in [6, 6.07) is 6.35. The van der Waals surface area contributed by atoms with Crippen LogP contribution in [0.1, 0.15) is 18.4 Å². The molecular formula is C12H9ClF3N3. The van der Waals surface area contributed by atoms with Crippen LogP contribution in [-0.4, -0.2) is 11.2 Å². The zero-order chi connectivity index (χ0) is 14.5. The van der Waals surface area contributed by atoms with Crippen molar-refractivity contribution in [1.82, 2.24) is 4.98 Å². The van der Waals surface area contributed by atoms with Crippen molar-refractivity contribution in [3.05, 3.63) is 29.0 Å². The molecule has 0 spiro atoms. The molecule has 0 aliphatic carbocycles. The van der Waals surface area contributed by atoms with Gasteiger partial charge >= 0.3 is 6.18 Å². The van der Waals surface area contributed by atoms with Gasteiger partial charge in [0, 0.05) is 19.0 Å². The van der Waals surface area contributed by atoms with Crippen LogP contribution in [0.3, 0.4) is 0 Å². The monoisotopic (exact) mass is 287 g/mol. The van der Waals surface area contributed by atoms with Crippen molar-refractivity contribution in [3.63, 3.8) is 0 Å². The molecule has 0 amide bonds. The van der Waals surface area contributed by atoms with E-state index in [0.29, 0.717) is 5.56 Å². The van der Waals surface area contributed by atoms with Crippen molar-refractivity contribution in [2.24, 2.45) is 5.41 Å². The second-order valence-electron chi connectivity index (χ2n) is 4.09. The minimum absolute atomic E-state index is 0.111. The van der Waals surface area contributed by atoms with E-state index in [-0.39, 0.29) is 11.6 Å². The first-order valence-corrected chi connectivity index (χ1v) is 5.68. The molecular weight excluding hydrogens is 279 g/mol. The van der Waals surface area contributed by atoms with Crippen molar-refractivity contribution >= 4 is 11.6 Å². The first-order chi connectivity index (χ1) is 8.80. The lowest BCUT2D eigenvalue weighted by Crippen LogP contribution is -2.23. The number of hydrogen-bond acceptors (Lipinski definition) is 3. The van der Waals surface area contributed by atoms with Gasteiger partial charge in [-0.15, -0.1) is 0 Å². The van der Waals surface area contributed by atoms with E-state index in [2.05, 4.69) is 4.98 Å². The molecule has 1 aromatic heterocycles. The highest BCUT2D eigenvalue weighted by Gasteiger charge is 2.37. The minimum atomic E-state index is -4.39. The molecule has 19 heavy (non-hydrogen) atoms. The maximum absolute atomic E-state index is 12.2. The molecule has 0 fully saturated rings. The Morgan fingerprint density at radius 2 is 1.79 bits per heavy atom. The molecule has 0 saturated heterocycles. The van der Waals surface area contributed by atoms with E-state index in [4.69, 9.17) is 22.1 Å². The molecule has 0 bridgehead atoms. The van der Waals surface area contributed by atoms with Gasteiger partial charge in [-0.3, -0.25) is 0 Å². The number of pyridine rings is 1. The van der Waals surface area contributed by atoms with Crippen LogP contribution in [0.15, 0.2) is 18.3 Å². The number of aromatic nitrogens is 1. The first kappa shape index (κ1) is 15.3. The Morgan fingerprint density at radius 1 is 1.16 bits per heavy atom. The molecule has 7 heteroatoms. The molecule has 0 aliphatic rings. The minimum Gasteiger partial charge on any atom is -0.244 e. The SMILES string of the molecule is N#CC(C#N)(CCC(F)(F)F)Cc1ccc(Cl)nc1. The second kappa shape index (κ2) is 5.90. The van der Waals surface area contributed by atoms with Crippen LogP contribution in [0.5, 0.6) is 0 Å². The Morgan fingerprint density at radius 3 is 2.21 bits per heavy atom. The van der Waals surface area contributed by atoms with E-state index in [1.165, 1.54) is 18.3 Å². The number of alkyl halides is 3. The number of rotatable bonds is 4. The van der Waals surface area contributed by atoms with Gasteiger partial charge in [-0.05, 0) is 18.1 Å². The highest BCUT2D eigenvalue weighted by atomic mass is 35.5. The van der Waals surface area contributed by atoms with Gasteiger partial charge in [0.1, 0.15) is 10.6 Å². The molecule has 1 heterocycles. The molecule has 0 aromatic carbocycles. The lowest BCUT2D eigenvalue weighted by Gasteiger charge is -2.19. The van der Waals surface area contributed by atoms with Crippen molar-refractivity contribution in [2.45, 2.75) is 25.4 Å². The van der Waals surface area contributed by atoms with E-state index in [1.54, 1.807) is 12.1 Å². The summed E-state index contributed by atoms with van der Waals surface area (Å²) in [5.74, 6) is 0. The molecule has 0 atom stereocenters. The van der Waals surface area contributed by atoms with Crippen molar-refractivity contribution < 1.29 is 13.2 Å². The van der Waals surface area contributed by atoms with Gasteiger partial charge in [0.05, 0.1) is 12.1 Å². The fourth-order valence-electron chi connectivity index (χ4n) is 1.52. The number of nitriles is 2. The molecule has 0 saturated carbocycles. The van der Waals surface area contributed by atoms with Crippen LogP contribution >= 0.6 is 11.6 Å². The first-order valence-electron chi connectivity index (χ1n) is 5.30. The van der Waals surface area contributed by atoms with E-state index in [9.17, 15) is 13.2 Å². The van der Waals surface area contributed by atoms with Gasteiger partial charge < -0.3 is 0 Å². The standard InChI is InChI=1S/C12H9ClF3N3/c13-10-2-1-9(6-19-10)5-11(7-17,8-18)3-4-12(14,15)16/h1-2,6H,3-5H2. The molecule has 100 valence electrons. The van der Waals surface area contributed by atoms with Crippen LogP contribution in [0.25, 0.3) is 0 Å². The van der Waals surface area contributed by atoms with Gasteiger partial charge in [-0.1, -0.05) is 17.7 Å². The summed E-state index contributed by atoms with van der Waals surface area (Å²) in [6.07, 6.45) is -4.89. The Labute approximate surface area is 113 Å². The predicted molar refractivity (Wildman–Crippen MR) is 61.9 cm³/mol. The summed E-state index contributed by atoms with van der Waals surface area (Å²) in [5.41, 5.74) is -1.21. The van der Waals surface area contributed by atoms with Crippen LogP contribution in [0.2, 0.25) is 5.15 Å². The maximum atomic E-state index is 12.2. The molecule has 0 N–H and O–H groups in total. The van der Waals surface area contributed by atoms with Crippen molar-refractivity contribution in [2.75, 3.05) is 0 Å². The number of halogens is 4. The third-order valence-corrected chi connectivity index (χ3v) is 2.78. The van der Waals surface area contributed by atoms with Crippen LogP contribution in [0.4, 0.5) is 13.2 Å². The van der Waals surface area contributed by atoms with Crippen LogP contribution in [0, 0.1) is 28.1 Å². The fourth-order valence-corrected chi connectivity index (χ4v) is 1.63. The molecule has 0 aliphatic heterocycles. The summed E-state index contributed by atoms with van der Waals surface area (Å²) >= 11 is 5.58. The zero-order valence-electron chi connectivity index (χ0n) is 9.71. The fraction of sp³-hybridized carbons (Fsp3) is 0.417. The summed E-state index contributed by atoms with van der Waals surface area (Å²) in [6.45, 7) is 0. The summed E-state index contributed by atoms with van der Waals surface area (Å²) in [7, 11) is 0. The maximum Gasteiger partial charge on any atom is 0.389 e. The molecule has 0 radical (unpaired) electrons. The second-order valence-corrected chi connectivity index (χ2v) is 4.47. The highest BCUT2D eigenvalue weighted by Crippen LogP contribution is 2.33. The lowest BCUT2D eigenvalue weighted by atomic mass is 9.80. The Balaban J connectivity index is 2.86. The number of hydrogen-bond donors (Lipinski definition) is 0. The van der Waals surface area contributed by atoms with Crippen LogP contribution < -0.4 is 0 Å². The third-order valence-electron chi connectivity index (χ3n) is 2.56. The van der Waals surface area contributed by atoms with Gasteiger partial charge in [0.15, 0.2) is 0 Å². The Hall–Kier alpha value is -1.79. The molecule has 1 aromatic rings. The van der Waals surface area contributed by atoms with Crippen molar-refractivity contribution in [1.29, 1.82) is 10.5 Å². The summed E-state index contributed by atoms with van der Waals surface area (Å²) < 4.78 is 36.6. The average molecular weight is 288 g/mol. The van der Waals surface area contributed by atoms with E-state index < -0.39 is 24.4 Å². The zero-order valence-corrected chi connectivity index (χ0v) is 10.5. The Bertz CT molecular complexity index is 497. The molecule has 1 rings (SSSR count). The van der Waals surface area contributed by atoms with Crippen molar-refractivity contribution in [3.8, 4) is 12.1 Å². The summed E-state index contributed by atoms with van der Waals surface area (Å²) in [4.78, 5) is 3.77. The lowest BCUT2D eigenvalue weighted by molar-refractivity contribution is -0.138. The van der Waals surface area contributed by atoms with Gasteiger partial charge in [0.2, 0.25) is 0 Å². The smallest absolute Gasteiger partial charge is 0.244 e. The topological polar surface area (TPSA) is 60.5 Å². The molecule has 3 nitrogen and oxygen atoms in total. The largest absolute Gasteiger partial charge is 0.389 e. The van der Waals surface area contributed by atoms with E-state index in [0.717, 1.165) is 0 Å². The van der Waals surface area contributed by atoms with Gasteiger partial charge in [-0.25, -0.2) is 4.98 Å². The van der Waals surface area contributed by atoms with E-state index >= 15 is 0 Å². The van der Waals surface area contributed by atoms with Crippen LogP contribution in [-0.2, 0) is 6.42 Å². The molecule has 0 unspecified atom stereocenters. The van der Waals surface area contributed by atoms with E-state index in [1.807, 2.05) is 0 Å². The Kier molecular flexibility index (Phi) is 4.74.